The topological polar surface area (TPSA) is 73.6 Å². The van der Waals surface area contributed by atoms with E-state index in [1.54, 1.807) is 24.9 Å². The van der Waals surface area contributed by atoms with Gasteiger partial charge >= 0.3 is 0 Å². The number of thioether (sulfide) groups is 1. The summed E-state index contributed by atoms with van der Waals surface area (Å²) in [5, 5.41) is 4.29. The summed E-state index contributed by atoms with van der Waals surface area (Å²) in [5.74, 6) is 0.734. The lowest BCUT2D eigenvalue weighted by molar-refractivity contribution is 0.414. The molecule has 4 rings (SSSR count). The second-order valence-corrected chi connectivity index (χ2v) is 8.16. The van der Waals surface area contributed by atoms with Crippen LogP contribution in [0.2, 0.25) is 0 Å². The first-order valence-electron chi connectivity index (χ1n) is 8.79. The molecule has 0 unspecified atom stereocenters. The van der Waals surface area contributed by atoms with Gasteiger partial charge in [0.05, 0.1) is 11.6 Å². The minimum atomic E-state index is -0.419. The van der Waals surface area contributed by atoms with Gasteiger partial charge in [0.2, 0.25) is 4.96 Å². The number of aromatic nitrogens is 3. The molecule has 8 heteroatoms. The van der Waals surface area contributed by atoms with Crippen LogP contribution < -0.4 is 20.4 Å². The largest absolute Gasteiger partial charge is 0.497 e. The second kappa shape index (κ2) is 8.18. The standard InChI is InChI=1S/C21H17N3O3S2/c1-27-15-7-3-13(4-8-15)11-17-19(25)22-21-24(23-17)20(26)18(29-21)12-14-5-9-16(28-2)10-6-14/h3-10,12H,11H2,1-2H3/b18-12-. The fourth-order valence-corrected chi connectivity index (χ4v) is 4.15. The van der Waals surface area contributed by atoms with Crippen LogP contribution in [0.25, 0.3) is 11.0 Å². The smallest absolute Gasteiger partial charge is 0.296 e. The molecule has 2 aromatic carbocycles. The highest BCUT2D eigenvalue weighted by molar-refractivity contribution is 7.98. The van der Waals surface area contributed by atoms with Crippen molar-refractivity contribution in [1.82, 2.24) is 14.6 Å². The van der Waals surface area contributed by atoms with E-state index in [2.05, 4.69) is 10.1 Å². The summed E-state index contributed by atoms with van der Waals surface area (Å²) in [6.45, 7) is 0. The quantitative estimate of drug-likeness (QED) is 0.459. The number of ether oxygens (including phenoxy) is 1. The summed E-state index contributed by atoms with van der Waals surface area (Å²) >= 11 is 2.82. The maximum absolute atomic E-state index is 12.8. The number of fused-ring (bicyclic) bond motifs is 1. The Hall–Kier alpha value is -2.97. The maximum Gasteiger partial charge on any atom is 0.296 e. The van der Waals surface area contributed by atoms with Crippen molar-refractivity contribution in [2.75, 3.05) is 13.4 Å². The first kappa shape index (κ1) is 19.4. The molecular weight excluding hydrogens is 406 g/mol. The maximum atomic E-state index is 12.8. The van der Waals surface area contributed by atoms with Crippen LogP contribution in [0.4, 0.5) is 0 Å². The fraction of sp³-hybridized carbons (Fsp3) is 0.143. The molecule has 0 bridgehead atoms. The average molecular weight is 424 g/mol. The van der Waals surface area contributed by atoms with Crippen molar-refractivity contribution < 1.29 is 4.74 Å². The summed E-state index contributed by atoms with van der Waals surface area (Å²) in [7, 11) is 1.60. The van der Waals surface area contributed by atoms with Crippen molar-refractivity contribution in [2.24, 2.45) is 0 Å². The van der Waals surface area contributed by atoms with Gasteiger partial charge in [-0.25, -0.2) is 0 Å². The SMILES string of the molecule is COc1ccc(Cc2nn3c(=O)/c(=C/c4ccc(SC)cc4)sc3nc2=O)cc1. The molecule has 0 saturated carbocycles. The Morgan fingerprint density at radius 3 is 2.48 bits per heavy atom. The Morgan fingerprint density at radius 2 is 1.83 bits per heavy atom. The molecule has 0 saturated heterocycles. The molecule has 0 amide bonds. The summed E-state index contributed by atoms with van der Waals surface area (Å²) in [5.41, 5.74) is 1.34. The summed E-state index contributed by atoms with van der Waals surface area (Å²) in [6, 6.07) is 15.3. The lowest BCUT2D eigenvalue weighted by atomic mass is 10.1. The van der Waals surface area contributed by atoms with Crippen LogP contribution in [-0.4, -0.2) is 28.0 Å². The fourth-order valence-electron chi connectivity index (χ4n) is 2.84. The monoisotopic (exact) mass is 423 g/mol. The molecule has 29 heavy (non-hydrogen) atoms. The van der Waals surface area contributed by atoms with Crippen molar-refractivity contribution >= 4 is 34.1 Å². The third-order valence-corrected chi connectivity index (χ3v) is 6.10. The molecule has 0 radical (unpaired) electrons. The third-order valence-electron chi connectivity index (χ3n) is 4.39. The minimum Gasteiger partial charge on any atom is -0.497 e. The van der Waals surface area contributed by atoms with Crippen molar-refractivity contribution in [3.8, 4) is 5.75 Å². The van der Waals surface area contributed by atoms with Crippen LogP contribution in [0.3, 0.4) is 0 Å². The van der Waals surface area contributed by atoms with Crippen molar-refractivity contribution in [1.29, 1.82) is 0 Å². The van der Waals surface area contributed by atoms with Crippen molar-refractivity contribution in [2.45, 2.75) is 11.3 Å². The van der Waals surface area contributed by atoms with E-state index in [0.717, 1.165) is 33.1 Å². The van der Waals surface area contributed by atoms with Gasteiger partial charge in [-0.2, -0.15) is 14.6 Å². The first-order chi connectivity index (χ1) is 14.1. The zero-order valence-electron chi connectivity index (χ0n) is 15.8. The van der Waals surface area contributed by atoms with Gasteiger partial charge in [-0.05, 0) is 47.7 Å². The van der Waals surface area contributed by atoms with Crippen LogP contribution in [0.15, 0.2) is 63.0 Å². The van der Waals surface area contributed by atoms with Gasteiger partial charge in [-0.1, -0.05) is 35.6 Å². The van der Waals surface area contributed by atoms with E-state index in [9.17, 15) is 9.59 Å². The highest BCUT2D eigenvalue weighted by atomic mass is 32.2. The number of nitrogens with zero attached hydrogens (tertiary/aromatic N) is 3. The van der Waals surface area contributed by atoms with E-state index in [4.69, 9.17) is 4.74 Å². The molecule has 0 atom stereocenters. The third kappa shape index (κ3) is 4.08. The predicted molar refractivity (Wildman–Crippen MR) is 116 cm³/mol. The Morgan fingerprint density at radius 1 is 1.10 bits per heavy atom. The molecule has 0 spiro atoms. The lowest BCUT2D eigenvalue weighted by Gasteiger charge is -2.02. The summed E-state index contributed by atoms with van der Waals surface area (Å²) < 4.78 is 6.85. The molecule has 0 N–H and O–H groups in total. The molecule has 146 valence electrons. The van der Waals surface area contributed by atoms with Crippen LogP contribution >= 0.6 is 23.1 Å². The average Bonchev–Trinajstić information content (AvgIpc) is 3.04. The van der Waals surface area contributed by atoms with Gasteiger partial charge in [-0.3, -0.25) is 9.59 Å². The van der Waals surface area contributed by atoms with Crippen LogP contribution in [-0.2, 0) is 6.42 Å². The highest BCUT2D eigenvalue weighted by Crippen LogP contribution is 2.15. The van der Waals surface area contributed by atoms with Gasteiger partial charge in [0.25, 0.3) is 11.1 Å². The second-order valence-electron chi connectivity index (χ2n) is 6.27. The van der Waals surface area contributed by atoms with E-state index < -0.39 is 5.56 Å². The molecule has 4 aromatic rings. The Balaban J connectivity index is 1.73. The van der Waals surface area contributed by atoms with E-state index in [1.165, 1.54) is 4.52 Å². The predicted octanol–water partition coefficient (Wildman–Crippen LogP) is 2.38. The van der Waals surface area contributed by atoms with Gasteiger partial charge in [0.15, 0.2) is 0 Å². The Kier molecular flexibility index (Phi) is 5.46. The van der Waals surface area contributed by atoms with E-state index in [-0.39, 0.29) is 11.3 Å². The summed E-state index contributed by atoms with van der Waals surface area (Å²) in [6.07, 6.45) is 4.10. The molecule has 0 aliphatic carbocycles. The van der Waals surface area contributed by atoms with Crippen molar-refractivity contribution in [3.63, 3.8) is 0 Å². The molecule has 0 aliphatic heterocycles. The number of rotatable bonds is 5. The highest BCUT2D eigenvalue weighted by Gasteiger charge is 2.12. The normalized spacial score (nSPS) is 11.9. The molecule has 0 aliphatic rings. The van der Waals surface area contributed by atoms with Gasteiger partial charge in [0, 0.05) is 11.3 Å². The number of methoxy groups -OCH3 is 1. The van der Waals surface area contributed by atoms with Crippen LogP contribution in [0.1, 0.15) is 16.8 Å². The molecule has 6 nitrogen and oxygen atoms in total. The zero-order chi connectivity index (χ0) is 20.4. The minimum absolute atomic E-state index is 0.235. The zero-order valence-corrected chi connectivity index (χ0v) is 17.4. The molecule has 2 aromatic heterocycles. The van der Waals surface area contributed by atoms with Gasteiger partial charge in [-0.15, -0.1) is 11.8 Å². The lowest BCUT2D eigenvalue weighted by Crippen LogP contribution is -2.28. The van der Waals surface area contributed by atoms with Crippen LogP contribution in [0.5, 0.6) is 5.75 Å². The van der Waals surface area contributed by atoms with Gasteiger partial charge < -0.3 is 4.74 Å². The van der Waals surface area contributed by atoms with E-state index in [0.29, 0.717) is 15.9 Å². The number of benzene rings is 2. The number of hydrogen-bond acceptors (Lipinski definition) is 7. The molecule has 2 heterocycles. The number of hydrogen-bond donors (Lipinski definition) is 0. The van der Waals surface area contributed by atoms with Crippen LogP contribution in [0, 0.1) is 0 Å². The summed E-state index contributed by atoms with van der Waals surface area (Å²) in [4.78, 5) is 30.7. The number of thiazole rings is 1. The molecular formula is C21H17N3O3S2. The first-order valence-corrected chi connectivity index (χ1v) is 10.8. The van der Waals surface area contributed by atoms with E-state index in [1.807, 2.05) is 54.8 Å². The van der Waals surface area contributed by atoms with Gasteiger partial charge in [0.1, 0.15) is 11.4 Å². The van der Waals surface area contributed by atoms with Crippen molar-refractivity contribution in [3.05, 3.63) is 90.6 Å². The van der Waals surface area contributed by atoms with E-state index >= 15 is 0 Å². The molecule has 0 fully saturated rings. The Bertz CT molecular complexity index is 1330. The Labute approximate surface area is 174 Å².